The predicted octanol–water partition coefficient (Wildman–Crippen LogP) is 3.72. The molecule has 1 atom stereocenters. The van der Waals surface area contributed by atoms with Crippen LogP contribution in [0.25, 0.3) is 11.0 Å². The van der Waals surface area contributed by atoms with Gasteiger partial charge in [-0.05, 0) is 35.7 Å². The fourth-order valence-electron chi connectivity index (χ4n) is 3.38. The molecule has 0 saturated carbocycles. The van der Waals surface area contributed by atoms with Crippen LogP contribution in [-0.4, -0.2) is 34.8 Å². The lowest BCUT2D eigenvalue weighted by Crippen LogP contribution is -2.39. The SMILES string of the molecule is CCC(CO)(Nc1nc2c(CNC(=O)NC)cccc2[nH]1)c1cccc(C(F)(F)F)c1. The van der Waals surface area contributed by atoms with E-state index in [-0.39, 0.29) is 12.6 Å². The van der Waals surface area contributed by atoms with Crippen molar-refractivity contribution in [2.75, 3.05) is 19.0 Å². The number of anilines is 1. The number of nitrogens with one attached hydrogen (secondary N) is 4. The van der Waals surface area contributed by atoms with Gasteiger partial charge in [0.2, 0.25) is 5.95 Å². The Hall–Kier alpha value is -3.27. The third-order valence-corrected chi connectivity index (χ3v) is 5.24. The molecule has 166 valence electrons. The lowest BCUT2D eigenvalue weighted by Gasteiger charge is -2.33. The molecule has 3 aromatic rings. The number of aliphatic hydroxyl groups excluding tert-OH is 1. The lowest BCUT2D eigenvalue weighted by atomic mass is 9.87. The molecule has 2 amide bonds. The summed E-state index contributed by atoms with van der Waals surface area (Å²) in [5.41, 5.74) is 0.393. The summed E-state index contributed by atoms with van der Waals surface area (Å²) in [6.07, 6.45) is -4.18. The Balaban J connectivity index is 1.95. The van der Waals surface area contributed by atoms with Crippen molar-refractivity contribution in [1.82, 2.24) is 20.6 Å². The number of para-hydroxylation sites is 1. The topological polar surface area (TPSA) is 102 Å². The number of carbonyl (C=O) groups is 1. The van der Waals surface area contributed by atoms with E-state index in [1.165, 1.54) is 13.1 Å². The lowest BCUT2D eigenvalue weighted by molar-refractivity contribution is -0.137. The molecule has 2 aromatic carbocycles. The summed E-state index contributed by atoms with van der Waals surface area (Å²) in [6, 6.07) is 9.98. The van der Waals surface area contributed by atoms with E-state index in [0.717, 1.165) is 17.7 Å². The number of benzene rings is 2. The van der Waals surface area contributed by atoms with E-state index in [0.29, 0.717) is 29.0 Å². The molecule has 0 saturated heterocycles. The van der Waals surface area contributed by atoms with E-state index < -0.39 is 23.9 Å². The number of hydrogen-bond donors (Lipinski definition) is 5. The highest BCUT2D eigenvalue weighted by atomic mass is 19.4. The normalized spacial score (nSPS) is 13.6. The van der Waals surface area contributed by atoms with Crippen molar-refractivity contribution in [2.45, 2.75) is 31.6 Å². The van der Waals surface area contributed by atoms with Crippen LogP contribution in [-0.2, 0) is 18.3 Å². The summed E-state index contributed by atoms with van der Waals surface area (Å²) in [4.78, 5) is 19.1. The van der Waals surface area contributed by atoms with Crippen LogP contribution in [0.1, 0.15) is 30.0 Å². The predicted molar refractivity (Wildman–Crippen MR) is 112 cm³/mol. The van der Waals surface area contributed by atoms with Gasteiger partial charge in [0.25, 0.3) is 0 Å². The number of imidazole rings is 1. The highest BCUT2D eigenvalue weighted by Gasteiger charge is 2.35. The van der Waals surface area contributed by atoms with E-state index in [1.807, 2.05) is 6.07 Å². The molecule has 3 rings (SSSR count). The van der Waals surface area contributed by atoms with Crippen molar-refractivity contribution in [1.29, 1.82) is 0 Å². The molecule has 5 N–H and O–H groups in total. The number of urea groups is 1. The Bertz CT molecular complexity index is 1060. The number of H-pyrrole nitrogens is 1. The molecular weight excluding hydrogens is 411 g/mol. The van der Waals surface area contributed by atoms with Crippen LogP contribution in [0.3, 0.4) is 0 Å². The highest BCUT2D eigenvalue weighted by molar-refractivity contribution is 5.82. The smallest absolute Gasteiger partial charge is 0.394 e. The molecule has 1 aromatic heterocycles. The monoisotopic (exact) mass is 435 g/mol. The van der Waals surface area contributed by atoms with Crippen LogP contribution in [0.2, 0.25) is 0 Å². The minimum absolute atomic E-state index is 0.244. The Morgan fingerprint density at radius 3 is 2.52 bits per heavy atom. The molecule has 7 nitrogen and oxygen atoms in total. The zero-order chi connectivity index (χ0) is 22.6. The van der Waals surface area contributed by atoms with Gasteiger partial charge in [0.1, 0.15) is 0 Å². The third-order valence-electron chi connectivity index (χ3n) is 5.24. The number of hydrogen-bond acceptors (Lipinski definition) is 4. The number of rotatable bonds is 7. The van der Waals surface area contributed by atoms with Crippen LogP contribution in [0.15, 0.2) is 42.5 Å². The number of alkyl halides is 3. The van der Waals surface area contributed by atoms with Gasteiger partial charge in [-0.1, -0.05) is 31.2 Å². The van der Waals surface area contributed by atoms with Crippen molar-refractivity contribution in [3.05, 3.63) is 59.2 Å². The standard InChI is InChI=1S/C21H24F3N5O2/c1-3-20(12-30,14-7-5-8-15(10-14)21(22,23)24)29-18-27-16-9-4-6-13(17(16)28-18)11-26-19(31)25-2/h4-10,30H,3,11-12H2,1-2H3,(H2,25,26,31)(H2,27,28,29). The largest absolute Gasteiger partial charge is 0.416 e. The van der Waals surface area contributed by atoms with Gasteiger partial charge in [0.05, 0.1) is 28.7 Å². The maximum atomic E-state index is 13.2. The number of carbonyl (C=O) groups excluding carboxylic acids is 1. The number of amides is 2. The fraction of sp³-hybridized carbons (Fsp3) is 0.333. The maximum absolute atomic E-state index is 13.2. The van der Waals surface area contributed by atoms with E-state index in [9.17, 15) is 23.1 Å². The Morgan fingerprint density at radius 1 is 1.16 bits per heavy atom. The fourth-order valence-corrected chi connectivity index (χ4v) is 3.38. The molecule has 0 aliphatic carbocycles. The second kappa shape index (κ2) is 8.84. The maximum Gasteiger partial charge on any atom is 0.416 e. The van der Waals surface area contributed by atoms with Crippen molar-refractivity contribution in [3.8, 4) is 0 Å². The van der Waals surface area contributed by atoms with Crippen molar-refractivity contribution in [3.63, 3.8) is 0 Å². The van der Waals surface area contributed by atoms with Crippen LogP contribution < -0.4 is 16.0 Å². The molecule has 0 bridgehead atoms. The van der Waals surface area contributed by atoms with Gasteiger partial charge in [-0.15, -0.1) is 0 Å². The van der Waals surface area contributed by atoms with E-state index in [4.69, 9.17) is 0 Å². The Labute approximate surface area is 177 Å². The molecular formula is C21H24F3N5O2. The molecule has 0 radical (unpaired) electrons. The van der Waals surface area contributed by atoms with Gasteiger partial charge in [-0.25, -0.2) is 9.78 Å². The molecule has 0 aliphatic rings. The number of nitrogens with zero attached hydrogens (tertiary/aromatic N) is 1. The summed E-state index contributed by atoms with van der Waals surface area (Å²) in [5, 5.41) is 18.4. The zero-order valence-corrected chi connectivity index (χ0v) is 17.1. The number of aromatic nitrogens is 2. The number of halogens is 3. The molecule has 1 unspecified atom stereocenters. The zero-order valence-electron chi connectivity index (χ0n) is 17.1. The molecule has 31 heavy (non-hydrogen) atoms. The first-order valence-corrected chi connectivity index (χ1v) is 9.72. The number of fused-ring (bicyclic) bond motifs is 1. The van der Waals surface area contributed by atoms with Crippen LogP contribution in [0, 0.1) is 0 Å². The van der Waals surface area contributed by atoms with Gasteiger partial charge in [0, 0.05) is 13.6 Å². The Morgan fingerprint density at radius 2 is 1.87 bits per heavy atom. The second-order valence-electron chi connectivity index (χ2n) is 7.13. The van der Waals surface area contributed by atoms with Crippen LogP contribution >= 0.6 is 0 Å². The van der Waals surface area contributed by atoms with Gasteiger partial charge < -0.3 is 26.0 Å². The van der Waals surface area contributed by atoms with Crippen molar-refractivity contribution in [2.24, 2.45) is 0 Å². The first-order valence-electron chi connectivity index (χ1n) is 9.72. The van der Waals surface area contributed by atoms with Crippen LogP contribution in [0.5, 0.6) is 0 Å². The average molecular weight is 435 g/mol. The Kier molecular flexibility index (Phi) is 6.40. The van der Waals surface area contributed by atoms with E-state index >= 15 is 0 Å². The first-order chi connectivity index (χ1) is 14.7. The van der Waals surface area contributed by atoms with Crippen molar-refractivity contribution < 1.29 is 23.1 Å². The summed E-state index contributed by atoms with van der Waals surface area (Å²) in [6.45, 7) is 1.58. The summed E-state index contributed by atoms with van der Waals surface area (Å²) < 4.78 is 39.6. The van der Waals surface area contributed by atoms with Crippen LogP contribution in [0.4, 0.5) is 23.9 Å². The molecule has 10 heteroatoms. The van der Waals surface area contributed by atoms with Gasteiger partial charge in [-0.3, -0.25) is 0 Å². The average Bonchev–Trinajstić information content (AvgIpc) is 3.18. The number of aliphatic hydroxyl groups is 1. The summed E-state index contributed by atoms with van der Waals surface area (Å²) >= 11 is 0. The third kappa shape index (κ3) is 4.74. The minimum atomic E-state index is -4.49. The molecule has 0 spiro atoms. The number of aromatic amines is 1. The molecule has 0 aliphatic heterocycles. The highest BCUT2D eigenvalue weighted by Crippen LogP contribution is 2.35. The van der Waals surface area contributed by atoms with Crippen molar-refractivity contribution >= 4 is 23.0 Å². The molecule has 0 fully saturated rings. The molecule has 1 heterocycles. The van der Waals surface area contributed by atoms with Gasteiger partial charge in [0.15, 0.2) is 0 Å². The van der Waals surface area contributed by atoms with E-state index in [2.05, 4.69) is 25.9 Å². The van der Waals surface area contributed by atoms with E-state index in [1.54, 1.807) is 25.1 Å². The minimum Gasteiger partial charge on any atom is -0.394 e. The summed E-state index contributed by atoms with van der Waals surface area (Å²) in [5.74, 6) is 0.302. The van der Waals surface area contributed by atoms with Gasteiger partial charge in [-0.2, -0.15) is 13.2 Å². The van der Waals surface area contributed by atoms with Gasteiger partial charge >= 0.3 is 12.2 Å². The quantitative estimate of drug-likeness (QED) is 0.390. The first kappa shape index (κ1) is 22.4. The second-order valence-corrected chi connectivity index (χ2v) is 7.13. The summed E-state index contributed by atoms with van der Waals surface area (Å²) in [7, 11) is 1.51.